The Bertz CT molecular complexity index is 239. The summed E-state index contributed by atoms with van der Waals surface area (Å²) >= 11 is 4.54. The highest BCUT2D eigenvalue weighted by molar-refractivity contribution is 7.80. The highest BCUT2D eigenvalue weighted by Crippen LogP contribution is 2.19. The minimum Gasteiger partial charge on any atom is -0.394 e. The molecule has 0 radical (unpaired) electrons. The average molecular weight is 238 g/mol. The van der Waals surface area contributed by atoms with E-state index in [-0.39, 0.29) is 5.11 Å². The van der Waals surface area contributed by atoms with Gasteiger partial charge in [-0.15, -0.1) is 0 Å². The first-order chi connectivity index (χ1) is 6.97. The van der Waals surface area contributed by atoms with Crippen molar-refractivity contribution in [3.05, 3.63) is 0 Å². The second-order valence-corrected chi connectivity index (χ2v) is 3.70. The maximum absolute atomic E-state index is 9.48. The van der Waals surface area contributed by atoms with E-state index in [1.165, 1.54) is 0 Å². The van der Waals surface area contributed by atoms with Gasteiger partial charge < -0.3 is 36.2 Å². The smallest absolute Gasteiger partial charge is 0.165 e. The summed E-state index contributed by atoms with van der Waals surface area (Å²) in [6.45, 7) is -0.486. The van der Waals surface area contributed by atoms with E-state index >= 15 is 0 Å². The Kier molecular flexibility index (Phi) is 4.20. The zero-order valence-corrected chi connectivity index (χ0v) is 8.59. The number of aliphatic hydroxyl groups excluding tert-OH is 4. The lowest BCUT2D eigenvalue weighted by Gasteiger charge is -2.40. The first kappa shape index (κ1) is 12.6. The predicted molar refractivity (Wildman–Crippen MR) is 53.7 cm³/mol. The van der Waals surface area contributed by atoms with Crippen LogP contribution in [0.5, 0.6) is 0 Å². The summed E-state index contributed by atoms with van der Waals surface area (Å²) in [5.41, 5.74) is 5.18. The Labute approximate surface area is 91.5 Å². The van der Waals surface area contributed by atoms with Crippen LogP contribution in [-0.4, -0.2) is 62.8 Å². The molecule has 8 heteroatoms. The SMILES string of the molecule is NC(=S)NC1O[C@H](CO)[C@@H](O)[C@H](O)[C@@H]1O. The van der Waals surface area contributed by atoms with E-state index in [0.717, 1.165) is 0 Å². The lowest BCUT2D eigenvalue weighted by atomic mass is 9.98. The molecule has 88 valence electrons. The predicted octanol–water partition coefficient (Wildman–Crippen LogP) is -3.38. The summed E-state index contributed by atoms with van der Waals surface area (Å²) in [6, 6.07) is 0. The molecule has 1 unspecified atom stereocenters. The second-order valence-electron chi connectivity index (χ2n) is 3.26. The molecule has 1 fully saturated rings. The molecule has 0 saturated carbocycles. The summed E-state index contributed by atoms with van der Waals surface area (Å²) in [4.78, 5) is 0. The third-order valence-corrected chi connectivity index (χ3v) is 2.29. The number of rotatable bonds is 2. The van der Waals surface area contributed by atoms with Gasteiger partial charge in [-0.1, -0.05) is 0 Å². The normalized spacial score (nSPS) is 41.2. The van der Waals surface area contributed by atoms with Gasteiger partial charge in [-0.3, -0.25) is 0 Å². The van der Waals surface area contributed by atoms with Gasteiger partial charge in [0.2, 0.25) is 0 Å². The largest absolute Gasteiger partial charge is 0.394 e. The Hall–Kier alpha value is -0.510. The van der Waals surface area contributed by atoms with Gasteiger partial charge >= 0.3 is 0 Å². The molecule has 0 aromatic carbocycles. The van der Waals surface area contributed by atoms with E-state index in [4.69, 9.17) is 15.6 Å². The molecule has 7 N–H and O–H groups in total. The molecule has 0 aliphatic carbocycles. The van der Waals surface area contributed by atoms with Crippen LogP contribution in [0.15, 0.2) is 0 Å². The first-order valence-corrected chi connectivity index (χ1v) is 4.74. The molecular formula is C7H14N2O5S. The Balaban J connectivity index is 2.69. The average Bonchev–Trinajstić information content (AvgIpc) is 2.18. The number of thiocarbonyl (C=S) groups is 1. The topological polar surface area (TPSA) is 128 Å². The van der Waals surface area contributed by atoms with Crippen LogP contribution in [0.4, 0.5) is 0 Å². The van der Waals surface area contributed by atoms with Crippen molar-refractivity contribution in [2.24, 2.45) is 5.73 Å². The van der Waals surface area contributed by atoms with Gasteiger partial charge in [0.15, 0.2) is 11.3 Å². The van der Waals surface area contributed by atoms with Crippen LogP contribution >= 0.6 is 12.2 Å². The van der Waals surface area contributed by atoms with Crippen molar-refractivity contribution in [2.45, 2.75) is 30.6 Å². The number of nitrogens with two attached hydrogens (primary N) is 1. The van der Waals surface area contributed by atoms with Crippen LogP contribution in [0.25, 0.3) is 0 Å². The molecule has 0 aromatic heterocycles. The summed E-state index contributed by atoms with van der Waals surface area (Å²) in [6.07, 6.45) is -6.19. The molecule has 1 saturated heterocycles. The van der Waals surface area contributed by atoms with E-state index in [1.54, 1.807) is 0 Å². The van der Waals surface area contributed by atoms with Crippen molar-refractivity contribution in [1.82, 2.24) is 5.32 Å². The quantitative estimate of drug-likeness (QED) is 0.275. The molecule has 5 atom stereocenters. The fraction of sp³-hybridized carbons (Fsp3) is 0.857. The molecule has 1 rings (SSSR count). The van der Waals surface area contributed by atoms with Crippen LogP contribution in [-0.2, 0) is 4.74 Å². The number of nitrogens with one attached hydrogen (secondary N) is 1. The second kappa shape index (κ2) is 5.01. The minimum atomic E-state index is -1.43. The molecule has 1 aliphatic rings. The zero-order chi connectivity index (χ0) is 11.6. The minimum absolute atomic E-state index is 0.112. The monoisotopic (exact) mass is 238 g/mol. The highest BCUT2D eigenvalue weighted by Gasteiger charge is 2.43. The highest BCUT2D eigenvalue weighted by atomic mass is 32.1. The van der Waals surface area contributed by atoms with Crippen molar-refractivity contribution in [3.8, 4) is 0 Å². The lowest BCUT2D eigenvalue weighted by Crippen LogP contribution is -2.63. The van der Waals surface area contributed by atoms with Crippen molar-refractivity contribution in [2.75, 3.05) is 6.61 Å². The van der Waals surface area contributed by atoms with Crippen LogP contribution in [0.1, 0.15) is 0 Å². The van der Waals surface area contributed by atoms with Crippen LogP contribution in [0.2, 0.25) is 0 Å². The van der Waals surface area contributed by atoms with Gasteiger partial charge in [-0.25, -0.2) is 0 Å². The van der Waals surface area contributed by atoms with E-state index < -0.39 is 37.3 Å². The van der Waals surface area contributed by atoms with Crippen molar-refractivity contribution in [1.29, 1.82) is 0 Å². The Morgan fingerprint density at radius 1 is 1.27 bits per heavy atom. The van der Waals surface area contributed by atoms with Crippen molar-refractivity contribution in [3.63, 3.8) is 0 Å². The van der Waals surface area contributed by atoms with Crippen molar-refractivity contribution >= 4 is 17.3 Å². The maximum Gasteiger partial charge on any atom is 0.165 e. The van der Waals surface area contributed by atoms with Gasteiger partial charge in [0.1, 0.15) is 24.4 Å². The van der Waals surface area contributed by atoms with E-state index in [1.807, 2.05) is 0 Å². The van der Waals surface area contributed by atoms with E-state index in [2.05, 4.69) is 17.5 Å². The molecule has 0 aromatic rings. The molecule has 1 heterocycles. The maximum atomic E-state index is 9.48. The summed E-state index contributed by atoms with van der Waals surface area (Å²) < 4.78 is 5.05. The van der Waals surface area contributed by atoms with E-state index in [0.29, 0.717) is 0 Å². The molecule has 0 amide bonds. The summed E-state index contributed by atoms with van der Waals surface area (Å²) in [5.74, 6) is 0. The number of hydrogen-bond acceptors (Lipinski definition) is 6. The number of hydrogen-bond donors (Lipinski definition) is 6. The summed E-state index contributed by atoms with van der Waals surface area (Å²) in [7, 11) is 0. The van der Waals surface area contributed by atoms with E-state index in [9.17, 15) is 15.3 Å². The van der Waals surface area contributed by atoms with Gasteiger partial charge in [-0.2, -0.15) is 0 Å². The fourth-order valence-corrected chi connectivity index (χ4v) is 1.48. The van der Waals surface area contributed by atoms with Crippen LogP contribution in [0, 0.1) is 0 Å². The number of aliphatic hydroxyl groups is 4. The Morgan fingerprint density at radius 3 is 2.33 bits per heavy atom. The first-order valence-electron chi connectivity index (χ1n) is 4.34. The Morgan fingerprint density at radius 2 is 1.87 bits per heavy atom. The third-order valence-electron chi connectivity index (χ3n) is 2.18. The lowest BCUT2D eigenvalue weighted by molar-refractivity contribution is -0.232. The van der Waals surface area contributed by atoms with Gasteiger partial charge in [0.25, 0.3) is 0 Å². The third kappa shape index (κ3) is 2.74. The zero-order valence-electron chi connectivity index (χ0n) is 7.78. The standard InChI is InChI=1S/C7H14N2O5S/c8-7(15)9-6-5(13)4(12)3(11)2(1-10)14-6/h2-6,10-13H,1H2,(H3,8,9,15)/t2-,3-,4+,5+,6?/m1/s1. The molecule has 0 bridgehead atoms. The van der Waals surface area contributed by atoms with Crippen LogP contribution < -0.4 is 11.1 Å². The van der Waals surface area contributed by atoms with Gasteiger partial charge in [0, 0.05) is 0 Å². The molecule has 1 aliphatic heterocycles. The fourth-order valence-electron chi connectivity index (χ4n) is 1.36. The van der Waals surface area contributed by atoms with Crippen molar-refractivity contribution < 1.29 is 25.2 Å². The molecule has 0 spiro atoms. The molecule has 7 nitrogen and oxygen atoms in total. The van der Waals surface area contributed by atoms with Crippen LogP contribution in [0.3, 0.4) is 0 Å². The van der Waals surface area contributed by atoms with Gasteiger partial charge in [0.05, 0.1) is 6.61 Å². The van der Waals surface area contributed by atoms with Gasteiger partial charge in [-0.05, 0) is 12.2 Å². The molecule has 15 heavy (non-hydrogen) atoms. The summed E-state index contributed by atoms with van der Waals surface area (Å²) in [5, 5.41) is 39.4. The molecular weight excluding hydrogens is 224 g/mol. The number of ether oxygens (including phenoxy) is 1.